The Labute approximate surface area is 230 Å². The largest absolute Gasteiger partial charge is 0.449 e. The summed E-state index contributed by atoms with van der Waals surface area (Å²) in [7, 11) is 0. The van der Waals surface area contributed by atoms with Crippen LogP contribution in [-0.4, -0.2) is 45.4 Å². The van der Waals surface area contributed by atoms with E-state index in [1.165, 1.54) is 5.56 Å². The van der Waals surface area contributed by atoms with E-state index in [0.717, 1.165) is 24.3 Å². The number of oxazole rings is 1. The molecule has 3 unspecified atom stereocenters. The van der Waals surface area contributed by atoms with Gasteiger partial charge in [0.15, 0.2) is 5.89 Å². The number of epoxide rings is 1. The molecule has 3 aliphatic rings. The van der Waals surface area contributed by atoms with Gasteiger partial charge in [0.05, 0.1) is 11.4 Å². The maximum atomic E-state index is 16.1. The zero-order valence-electron chi connectivity index (χ0n) is 22.4. The predicted molar refractivity (Wildman–Crippen MR) is 145 cm³/mol. The van der Waals surface area contributed by atoms with Gasteiger partial charge < -0.3 is 9.15 Å². The van der Waals surface area contributed by atoms with Crippen molar-refractivity contribution in [1.82, 2.24) is 20.2 Å². The van der Waals surface area contributed by atoms with E-state index in [1.54, 1.807) is 24.6 Å². The van der Waals surface area contributed by atoms with Crippen LogP contribution in [0.4, 0.5) is 4.39 Å². The summed E-state index contributed by atoms with van der Waals surface area (Å²) in [6.07, 6.45) is 4.59. The molecule has 3 saturated heterocycles. The first-order valence-electron chi connectivity index (χ1n) is 13.6. The molecule has 4 aromatic rings. The first kappa shape index (κ1) is 25.0. The Balaban J connectivity index is 1.10. The summed E-state index contributed by atoms with van der Waals surface area (Å²) in [5.74, 6) is -0.869. The number of hydrogen-bond donors (Lipinski definition) is 1. The van der Waals surface area contributed by atoms with Crippen molar-refractivity contribution in [3.05, 3.63) is 83.3 Å². The monoisotopic (exact) mass is 540 g/mol. The van der Waals surface area contributed by atoms with Crippen molar-refractivity contribution in [3.63, 3.8) is 0 Å². The van der Waals surface area contributed by atoms with Gasteiger partial charge in [-0.25, -0.2) is 9.37 Å². The Kier molecular flexibility index (Phi) is 5.66. The first-order valence-corrected chi connectivity index (χ1v) is 13.6. The fourth-order valence-electron chi connectivity index (χ4n) is 6.50. The molecule has 9 heteroatoms. The fourth-order valence-corrected chi connectivity index (χ4v) is 6.50. The molecule has 3 atom stereocenters. The van der Waals surface area contributed by atoms with Gasteiger partial charge in [0.2, 0.25) is 11.8 Å². The number of pyridine rings is 1. The summed E-state index contributed by atoms with van der Waals surface area (Å²) < 4.78 is 27.8. The minimum absolute atomic E-state index is 0.258. The number of benzene rings is 2. The molecule has 8 nitrogen and oxygen atoms in total. The van der Waals surface area contributed by atoms with Crippen molar-refractivity contribution in [1.29, 1.82) is 0 Å². The molecule has 0 bridgehead atoms. The highest BCUT2D eigenvalue weighted by Crippen LogP contribution is 2.61. The van der Waals surface area contributed by atoms with Gasteiger partial charge in [-0.15, -0.1) is 0 Å². The van der Waals surface area contributed by atoms with E-state index in [2.05, 4.69) is 51.4 Å². The van der Waals surface area contributed by atoms with E-state index < -0.39 is 17.1 Å². The second-order valence-electron chi connectivity index (χ2n) is 11.3. The number of carbonyl (C=O) groups excluding carboxylic acids is 2. The molecule has 204 valence electrons. The van der Waals surface area contributed by atoms with Crippen molar-refractivity contribution < 1.29 is 23.1 Å². The van der Waals surface area contributed by atoms with Gasteiger partial charge in [-0.2, -0.15) is 0 Å². The molecule has 5 heterocycles. The number of aromatic nitrogens is 2. The lowest BCUT2D eigenvalue weighted by Crippen LogP contribution is -2.44. The van der Waals surface area contributed by atoms with E-state index in [-0.39, 0.29) is 24.1 Å². The van der Waals surface area contributed by atoms with E-state index in [0.29, 0.717) is 47.3 Å². The quantitative estimate of drug-likeness (QED) is 0.288. The molecule has 7 rings (SSSR count). The number of nitrogens with one attached hydrogen (secondary N) is 1. The summed E-state index contributed by atoms with van der Waals surface area (Å²) in [4.78, 5) is 35.1. The van der Waals surface area contributed by atoms with Crippen molar-refractivity contribution in [3.8, 4) is 11.3 Å². The number of imide groups is 1. The van der Waals surface area contributed by atoms with Crippen LogP contribution in [0.2, 0.25) is 0 Å². The number of rotatable bonds is 5. The van der Waals surface area contributed by atoms with Crippen LogP contribution in [-0.2, 0) is 26.5 Å². The number of fused-ring (bicyclic) bond motifs is 2. The van der Waals surface area contributed by atoms with E-state index in [4.69, 9.17) is 9.15 Å². The van der Waals surface area contributed by atoms with Crippen LogP contribution in [0.1, 0.15) is 54.7 Å². The number of nitrogens with zero attached hydrogens (tertiary/aromatic N) is 3. The molecule has 0 saturated carbocycles. The zero-order chi connectivity index (χ0) is 27.6. The Bertz CT molecular complexity index is 1670. The molecule has 2 aromatic heterocycles. The first-order chi connectivity index (χ1) is 19.2. The van der Waals surface area contributed by atoms with Crippen LogP contribution in [0.5, 0.6) is 0 Å². The molecule has 40 heavy (non-hydrogen) atoms. The number of aryl methyl sites for hydroxylation is 1. The second kappa shape index (κ2) is 9.04. The highest BCUT2D eigenvalue weighted by Gasteiger charge is 2.70. The standard InChI is InChI=1S/C31H29FN4O4/c1-18-34-26(16-39-18)20-5-3-19(4-6-20)15-36-12-11-31(30(2,17-36)40-31)24-8-9-25-23(28(24)32)13-21(14-33-25)22-7-10-27(37)35-29(22)38/h3-6,8-9,13-14,16,22H,7,10-12,15,17H2,1-2H3,(H,35,37,38). The van der Waals surface area contributed by atoms with Crippen molar-refractivity contribution in [2.24, 2.45) is 0 Å². The van der Waals surface area contributed by atoms with Crippen LogP contribution in [0, 0.1) is 12.7 Å². The Morgan fingerprint density at radius 1 is 1.18 bits per heavy atom. The van der Waals surface area contributed by atoms with E-state index >= 15 is 4.39 Å². The molecule has 0 aliphatic carbocycles. The van der Waals surface area contributed by atoms with Crippen LogP contribution < -0.4 is 5.32 Å². The highest BCUT2D eigenvalue weighted by atomic mass is 19.1. The average molecular weight is 541 g/mol. The molecule has 3 aliphatic heterocycles. The third-order valence-corrected chi connectivity index (χ3v) is 8.69. The van der Waals surface area contributed by atoms with E-state index in [9.17, 15) is 9.59 Å². The van der Waals surface area contributed by atoms with Gasteiger partial charge in [-0.05, 0) is 43.0 Å². The summed E-state index contributed by atoms with van der Waals surface area (Å²) in [6.45, 7) is 6.10. The lowest BCUT2D eigenvalue weighted by atomic mass is 9.80. The van der Waals surface area contributed by atoms with E-state index in [1.807, 2.05) is 13.0 Å². The van der Waals surface area contributed by atoms with Gasteiger partial charge in [0.1, 0.15) is 29.0 Å². The second-order valence-corrected chi connectivity index (χ2v) is 11.3. The van der Waals surface area contributed by atoms with Crippen molar-refractivity contribution in [2.75, 3.05) is 13.1 Å². The number of hydrogen-bond acceptors (Lipinski definition) is 7. The number of amides is 2. The number of ether oxygens (including phenoxy) is 1. The smallest absolute Gasteiger partial charge is 0.234 e. The predicted octanol–water partition coefficient (Wildman–Crippen LogP) is 4.75. The lowest BCUT2D eigenvalue weighted by Gasteiger charge is -2.33. The Morgan fingerprint density at radius 2 is 2.00 bits per heavy atom. The average Bonchev–Trinajstić information content (AvgIpc) is 3.34. The lowest BCUT2D eigenvalue weighted by molar-refractivity contribution is -0.134. The van der Waals surface area contributed by atoms with Gasteiger partial charge in [0, 0.05) is 55.7 Å². The minimum Gasteiger partial charge on any atom is -0.449 e. The van der Waals surface area contributed by atoms with Crippen LogP contribution in [0.3, 0.4) is 0 Å². The molecular weight excluding hydrogens is 511 g/mol. The molecule has 1 N–H and O–H groups in total. The fraction of sp³-hybridized carbons (Fsp3) is 0.355. The summed E-state index contributed by atoms with van der Waals surface area (Å²) >= 11 is 0. The normalized spacial score (nSPS) is 26.5. The van der Waals surface area contributed by atoms with Crippen LogP contribution >= 0.6 is 0 Å². The number of likely N-dealkylation sites (tertiary alicyclic amines) is 1. The molecule has 2 aromatic carbocycles. The van der Waals surface area contributed by atoms with Crippen molar-refractivity contribution >= 4 is 22.7 Å². The van der Waals surface area contributed by atoms with Gasteiger partial charge in [0.25, 0.3) is 0 Å². The molecule has 0 spiro atoms. The number of carbonyl (C=O) groups is 2. The maximum absolute atomic E-state index is 16.1. The number of piperidine rings is 2. The van der Waals surface area contributed by atoms with Gasteiger partial charge in [-0.1, -0.05) is 30.3 Å². The zero-order valence-corrected chi connectivity index (χ0v) is 22.4. The Hall–Kier alpha value is -3.95. The van der Waals surface area contributed by atoms with Crippen LogP contribution in [0.25, 0.3) is 22.2 Å². The third kappa shape index (κ3) is 4.03. The van der Waals surface area contributed by atoms with Gasteiger partial charge >= 0.3 is 0 Å². The molecule has 3 fully saturated rings. The van der Waals surface area contributed by atoms with Crippen LogP contribution in [0.15, 0.2) is 59.3 Å². The Morgan fingerprint density at radius 3 is 2.73 bits per heavy atom. The number of halogens is 1. The molecular formula is C31H29FN4O4. The minimum atomic E-state index is -0.693. The molecule has 2 amide bonds. The highest BCUT2D eigenvalue weighted by molar-refractivity contribution is 6.01. The third-order valence-electron chi connectivity index (χ3n) is 8.69. The topological polar surface area (TPSA) is 101 Å². The van der Waals surface area contributed by atoms with Gasteiger partial charge in [-0.3, -0.25) is 24.8 Å². The van der Waals surface area contributed by atoms with Crippen molar-refractivity contribution in [2.45, 2.75) is 56.8 Å². The summed E-state index contributed by atoms with van der Waals surface area (Å²) in [5, 5.41) is 2.75. The maximum Gasteiger partial charge on any atom is 0.234 e. The summed E-state index contributed by atoms with van der Waals surface area (Å²) in [5.41, 5.74) is 3.50. The SMILES string of the molecule is Cc1nc(-c2ccc(CN3CCC4(c5ccc6ncc(C7CCC(=O)NC7=O)cc6c5F)OC4(C)C3)cc2)co1. The molecule has 0 radical (unpaired) electrons. The summed E-state index contributed by atoms with van der Waals surface area (Å²) in [6, 6.07) is 13.6.